The second-order valence-electron chi connectivity index (χ2n) is 6.55. The highest BCUT2D eigenvalue weighted by molar-refractivity contribution is 7.12. The summed E-state index contributed by atoms with van der Waals surface area (Å²) in [6, 6.07) is 4.11. The first-order valence-corrected chi connectivity index (χ1v) is 8.68. The first-order chi connectivity index (χ1) is 9.39. The Bertz CT molecular complexity index is 455. The smallest absolute Gasteiger partial charge is 0.246 e. The maximum Gasteiger partial charge on any atom is 0.246 e. The highest BCUT2D eigenvalue weighted by atomic mass is 35.5. The van der Waals surface area contributed by atoms with Crippen molar-refractivity contribution in [1.82, 2.24) is 4.90 Å². The van der Waals surface area contributed by atoms with Crippen molar-refractivity contribution in [2.24, 2.45) is 0 Å². The summed E-state index contributed by atoms with van der Waals surface area (Å²) in [5, 5.41) is -0.519. The van der Waals surface area contributed by atoms with Gasteiger partial charge in [0.1, 0.15) is 5.38 Å². The van der Waals surface area contributed by atoms with E-state index in [1.54, 1.807) is 11.3 Å². The van der Waals surface area contributed by atoms with E-state index >= 15 is 0 Å². The fourth-order valence-electron chi connectivity index (χ4n) is 2.47. The third kappa shape index (κ3) is 3.76. The molecule has 0 spiro atoms. The van der Waals surface area contributed by atoms with Crippen LogP contribution in [0.15, 0.2) is 12.1 Å². The van der Waals surface area contributed by atoms with E-state index in [0.717, 1.165) is 30.8 Å². The van der Waals surface area contributed by atoms with Gasteiger partial charge in [0.2, 0.25) is 5.91 Å². The summed E-state index contributed by atoms with van der Waals surface area (Å²) in [6.07, 6.45) is 4.66. The molecule has 20 heavy (non-hydrogen) atoms. The van der Waals surface area contributed by atoms with Gasteiger partial charge in [0.15, 0.2) is 0 Å². The highest BCUT2D eigenvalue weighted by Crippen LogP contribution is 2.35. The minimum Gasteiger partial charge on any atom is -0.341 e. The molecule has 112 valence electrons. The van der Waals surface area contributed by atoms with E-state index in [1.807, 2.05) is 11.0 Å². The van der Waals surface area contributed by atoms with Gasteiger partial charge in [-0.25, -0.2) is 0 Å². The fourth-order valence-corrected chi connectivity index (χ4v) is 3.85. The molecule has 2 rings (SSSR count). The Morgan fingerprint density at radius 1 is 1.20 bits per heavy atom. The number of alkyl halides is 1. The van der Waals surface area contributed by atoms with Gasteiger partial charge in [-0.3, -0.25) is 4.79 Å². The standard InChI is InChI=1S/C16H24ClNOS/c1-16(2,3)13-9-8-12(20-13)14(17)15(19)18-10-6-4-5-7-11-18/h8-9,14H,4-7,10-11H2,1-3H3. The lowest BCUT2D eigenvalue weighted by Gasteiger charge is -2.22. The molecule has 0 aliphatic carbocycles. The van der Waals surface area contributed by atoms with Gasteiger partial charge >= 0.3 is 0 Å². The van der Waals surface area contributed by atoms with Crippen LogP contribution in [0.3, 0.4) is 0 Å². The zero-order valence-corrected chi connectivity index (χ0v) is 14.2. The third-order valence-electron chi connectivity index (χ3n) is 3.75. The van der Waals surface area contributed by atoms with E-state index in [1.165, 1.54) is 17.7 Å². The van der Waals surface area contributed by atoms with Crippen LogP contribution in [0, 0.1) is 0 Å². The maximum absolute atomic E-state index is 12.5. The van der Waals surface area contributed by atoms with Crippen molar-refractivity contribution >= 4 is 28.8 Å². The molecule has 1 amide bonds. The van der Waals surface area contributed by atoms with E-state index in [4.69, 9.17) is 11.6 Å². The van der Waals surface area contributed by atoms with Crippen LogP contribution in [0.1, 0.15) is 61.6 Å². The molecule has 0 radical (unpaired) electrons. The second-order valence-corrected chi connectivity index (χ2v) is 8.11. The van der Waals surface area contributed by atoms with Gasteiger partial charge in [0.05, 0.1) is 0 Å². The third-order valence-corrected chi connectivity index (χ3v) is 5.88. The lowest BCUT2D eigenvalue weighted by atomic mass is 9.95. The lowest BCUT2D eigenvalue weighted by Crippen LogP contribution is -2.34. The number of likely N-dealkylation sites (tertiary alicyclic amines) is 1. The second kappa shape index (κ2) is 6.48. The largest absolute Gasteiger partial charge is 0.341 e. The molecule has 1 aliphatic heterocycles. The number of hydrogen-bond acceptors (Lipinski definition) is 2. The Kier molecular flexibility index (Phi) is 5.14. The number of rotatable bonds is 2. The predicted molar refractivity (Wildman–Crippen MR) is 86.7 cm³/mol. The molecule has 2 heterocycles. The Hall–Kier alpha value is -0.540. The molecule has 4 heteroatoms. The summed E-state index contributed by atoms with van der Waals surface area (Å²) in [5.74, 6) is 0.0795. The van der Waals surface area contributed by atoms with Crippen molar-refractivity contribution in [2.75, 3.05) is 13.1 Å². The number of carbonyl (C=O) groups excluding carboxylic acids is 1. The average Bonchev–Trinajstić information content (AvgIpc) is 2.74. The Balaban J connectivity index is 2.08. The monoisotopic (exact) mass is 313 g/mol. The molecule has 1 aliphatic rings. The van der Waals surface area contributed by atoms with Gasteiger partial charge in [0, 0.05) is 22.8 Å². The average molecular weight is 314 g/mol. The van der Waals surface area contributed by atoms with E-state index < -0.39 is 5.38 Å². The normalized spacial score (nSPS) is 18.7. The molecule has 2 nitrogen and oxygen atoms in total. The SMILES string of the molecule is CC(C)(C)c1ccc(C(Cl)C(=O)N2CCCCCC2)s1. The van der Waals surface area contributed by atoms with Crippen molar-refractivity contribution < 1.29 is 4.79 Å². The minimum atomic E-state index is -0.519. The van der Waals surface area contributed by atoms with Crippen LogP contribution < -0.4 is 0 Å². The molecule has 1 aromatic rings. The van der Waals surface area contributed by atoms with Crippen LogP contribution in [0.5, 0.6) is 0 Å². The molecule has 1 fully saturated rings. The van der Waals surface area contributed by atoms with Crippen molar-refractivity contribution in [3.63, 3.8) is 0 Å². The van der Waals surface area contributed by atoms with Gasteiger partial charge in [-0.2, -0.15) is 0 Å². The highest BCUT2D eigenvalue weighted by Gasteiger charge is 2.27. The summed E-state index contributed by atoms with van der Waals surface area (Å²) in [5.41, 5.74) is 0.116. The van der Waals surface area contributed by atoms with Crippen molar-refractivity contribution in [3.05, 3.63) is 21.9 Å². The predicted octanol–water partition coefficient (Wildman–Crippen LogP) is 4.73. The van der Waals surface area contributed by atoms with E-state index in [0.29, 0.717) is 0 Å². The summed E-state index contributed by atoms with van der Waals surface area (Å²) in [7, 11) is 0. The number of halogens is 1. The Morgan fingerprint density at radius 3 is 2.30 bits per heavy atom. The lowest BCUT2D eigenvalue weighted by molar-refractivity contribution is -0.130. The zero-order chi connectivity index (χ0) is 14.8. The van der Waals surface area contributed by atoms with Crippen LogP contribution >= 0.6 is 22.9 Å². The van der Waals surface area contributed by atoms with Crippen LogP contribution in [-0.2, 0) is 10.2 Å². The molecule has 0 bridgehead atoms. The molecule has 0 N–H and O–H groups in total. The number of hydrogen-bond donors (Lipinski definition) is 0. The summed E-state index contributed by atoms with van der Waals surface area (Å²) >= 11 is 8.09. The van der Waals surface area contributed by atoms with Gasteiger partial charge in [-0.15, -0.1) is 22.9 Å². The van der Waals surface area contributed by atoms with Gasteiger partial charge in [0.25, 0.3) is 0 Å². The molecular weight excluding hydrogens is 290 g/mol. The molecule has 1 saturated heterocycles. The van der Waals surface area contributed by atoms with Crippen molar-refractivity contribution in [2.45, 2.75) is 57.2 Å². The van der Waals surface area contributed by atoms with Crippen molar-refractivity contribution in [3.8, 4) is 0 Å². The molecule has 1 atom stereocenters. The molecule has 1 unspecified atom stereocenters. The molecule has 0 aromatic carbocycles. The van der Waals surface area contributed by atoms with Crippen LogP contribution in [0.4, 0.5) is 0 Å². The summed E-state index contributed by atoms with van der Waals surface area (Å²) in [6.45, 7) is 8.27. The number of thiophene rings is 1. The topological polar surface area (TPSA) is 20.3 Å². The fraction of sp³-hybridized carbons (Fsp3) is 0.688. The maximum atomic E-state index is 12.5. The van der Waals surface area contributed by atoms with Crippen LogP contribution in [0.25, 0.3) is 0 Å². The number of amides is 1. The Morgan fingerprint density at radius 2 is 1.80 bits per heavy atom. The van der Waals surface area contributed by atoms with E-state index in [2.05, 4.69) is 26.8 Å². The van der Waals surface area contributed by atoms with E-state index in [9.17, 15) is 4.79 Å². The zero-order valence-electron chi connectivity index (χ0n) is 12.6. The summed E-state index contributed by atoms with van der Waals surface area (Å²) in [4.78, 5) is 16.7. The van der Waals surface area contributed by atoms with Gasteiger partial charge in [-0.1, -0.05) is 33.6 Å². The summed E-state index contributed by atoms with van der Waals surface area (Å²) < 4.78 is 0. The Labute approximate surface area is 131 Å². The van der Waals surface area contributed by atoms with Gasteiger partial charge < -0.3 is 4.90 Å². The first kappa shape index (κ1) is 15.8. The minimum absolute atomic E-state index is 0.0795. The molecule has 0 saturated carbocycles. The van der Waals surface area contributed by atoms with Gasteiger partial charge in [-0.05, 0) is 30.4 Å². The number of carbonyl (C=O) groups is 1. The number of nitrogens with zero attached hydrogens (tertiary/aromatic N) is 1. The quantitative estimate of drug-likeness (QED) is 0.723. The van der Waals surface area contributed by atoms with Crippen LogP contribution in [-0.4, -0.2) is 23.9 Å². The first-order valence-electron chi connectivity index (χ1n) is 7.42. The van der Waals surface area contributed by atoms with Crippen molar-refractivity contribution in [1.29, 1.82) is 0 Å². The van der Waals surface area contributed by atoms with Crippen LogP contribution in [0.2, 0.25) is 0 Å². The molecular formula is C16H24ClNOS. The van der Waals surface area contributed by atoms with E-state index in [-0.39, 0.29) is 11.3 Å². The molecule has 1 aromatic heterocycles.